The van der Waals surface area contributed by atoms with E-state index in [1.165, 1.54) is 37.1 Å². The molecule has 136 valence electrons. The van der Waals surface area contributed by atoms with Crippen LogP contribution in [0.15, 0.2) is 60.7 Å². The third-order valence-electron chi connectivity index (χ3n) is 4.60. The SMILES string of the molecule is O=C(Nc1cccc(-c2ccc(N3CCCC3)nn2)c1)c1ccc(F)cc1. The first-order chi connectivity index (χ1) is 13.2. The van der Waals surface area contributed by atoms with Crippen LogP contribution in [0.2, 0.25) is 0 Å². The summed E-state index contributed by atoms with van der Waals surface area (Å²) in [6, 6.07) is 16.8. The third-order valence-corrected chi connectivity index (χ3v) is 4.60. The molecule has 1 aromatic heterocycles. The third kappa shape index (κ3) is 3.95. The van der Waals surface area contributed by atoms with Gasteiger partial charge >= 0.3 is 0 Å². The number of hydrogen-bond acceptors (Lipinski definition) is 4. The van der Waals surface area contributed by atoms with Gasteiger partial charge in [-0.3, -0.25) is 4.79 Å². The van der Waals surface area contributed by atoms with Crippen molar-refractivity contribution in [2.45, 2.75) is 12.8 Å². The Morgan fingerprint density at radius 1 is 0.963 bits per heavy atom. The van der Waals surface area contributed by atoms with Gasteiger partial charge in [0.2, 0.25) is 0 Å². The molecule has 0 unspecified atom stereocenters. The molecule has 27 heavy (non-hydrogen) atoms. The van der Waals surface area contributed by atoms with Gasteiger partial charge in [-0.2, -0.15) is 0 Å². The molecule has 0 radical (unpaired) electrons. The standard InChI is InChI=1S/C21H19FN4O/c22-17-8-6-15(7-9-17)21(27)23-18-5-3-4-16(14-18)19-10-11-20(25-24-19)26-12-1-2-13-26/h3-11,14H,1-2,12-13H2,(H,23,27). The Labute approximate surface area is 156 Å². The molecule has 1 N–H and O–H groups in total. The monoisotopic (exact) mass is 362 g/mol. The summed E-state index contributed by atoms with van der Waals surface area (Å²) in [6.07, 6.45) is 2.39. The van der Waals surface area contributed by atoms with Crippen molar-refractivity contribution in [1.29, 1.82) is 0 Å². The van der Waals surface area contributed by atoms with Crippen LogP contribution in [0.4, 0.5) is 15.9 Å². The lowest BCUT2D eigenvalue weighted by Crippen LogP contribution is -2.19. The molecule has 5 nitrogen and oxygen atoms in total. The molecule has 4 rings (SSSR count). The largest absolute Gasteiger partial charge is 0.355 e. The van der Waals surface area contributed by atoms with Crippen molar-refractivity contribution in [2.24, 2.45) is 0 Å². The van der Waals surface area contributed by atoms with Crippen molar-refractivity contribution in [3.05, 3.63) is 72.0 Å². The van der Waals surface area contributed by atoms with E-state index in [9.17, 15) is 9.18 Å². The zero-order chi connectivity index (χ0) is 18.6. The smallest absolute Gasteiger partial charge is 0.255 e. The van der Waals surface area contributed by atoms with Gasteiger partial charge in [0.1, 0.15) is 5.82 Å². The zero-order valence-corrected chi connectivity index (χ0v) is 14.7. The van der Waals surface area contributed by atoms with Crippen LogP contribution in [0.3, 0.4) is 0 Å². The normalized spacial score (nSPS) is 13.6. The number of nitrogens with one attached hydrogen (secondary N) is 1. The topological polar surface area (TPSA) is 58.1 Å². The molecule has 6 heteroatoms. The summed E-state index contributed by atoms with van der Waals surface area (Å²) < 4.78 is 13.0. The summed E-state index contributed by atoms with van der Waals surface area (Å²) in [4.78, 5) is 14.5. The molecule has 1 fully saturated rings. The highest BCUT2D eigenvalue weighted by Crippen LogP contribution is 2.23. The number of amides is 1. The molecule has 3 aromatic rings. The number of anilines is 2. The molecule has 0 aliphatic carbocycles. The van der Waals surface area contributed by atoms with Gasteiger partial charge in [-0.1, -0.05) is 12.1 Å². The van der Waals surface area contributed by atoms with E-state index in [1.807, 2.05) is 30.3 Å². The van der Waals surface area contributed by atoms with Gasteiger partial charge in [-0.05, 0) is 61.4 Å². The maximum Gasteiger partial charge on any atom is 0.255 e. The van der Waals surface area contributed by atoms with E-state index >= 15 is 0 Å². The molecule has 1 aliphatic heterocycles. The molecule has 1 amide bonds. The van der Waals surface area contributed by atoms with E-state index < -0.39 is 0 Å². The van der Waals surface area contributed by atoms with Crippen LogP contribution in [-0.2, 0) is 0 Å². The second-order valence-corrected chi connectivity index (χ2v) is 6.51. The lowest BCUT2D eigenvalue weighted by molar-refractivity contribution is 0.102. The Bertz CT molecular complexity index is 935. The number of carbonyl (C=O) groups is 1. The minimum atomic E-state index is -0.371. The van der Waals surface area contributed by atoms with Crippen molar-refractivity contribution < 1.29 is 9.18 Å². The zero-order valence-electron chi connectivity index (χ0n) is 14.7. The van der Waals surface area contributed by atoms with Crippen molar-refractivity contribution in [1.82, 2.24) is 10.2 Å². The predicted octanol–water partition coefficient (Wildman–Crippen LogP) is 4.14. The Hall–Kier alpha value is -3.28. The highest BCUT2D eigenvalue weighted by Gasteiger charge is 2.14. The maximum absolute atomic E-state index is 13.0. The van der Waals surface area contributed by atoms with E-state index in [2.05, 4.69) is 20.4 Å². The summed E-state index contributed by atoms with van der Waals surface area (Å²) in [5, 5.41) is 11.5. The fourth-order valence-electron chi connectivity index (χ4n) is 3.15. The van der Waals surface area contributed by atoms with Crippen LogP contribution in [0, 0.1) is 5.82 Å². The van der Waals surface area contributed by atoms with E-state index in [-0.39, 0.29) is 11.7 Å². The molecule has 1 aliphatic rings. The summed E-state index contributed by atoms with van der Waals surface area (Å²) in [5.41, 5.74) is 2.66. The molecule has 1 saturated heterocycles. The van der Waals surface area contributed by atoms with Gasteiger partial charge in [0.15, 0.2) is 5.82 Å². The van der Waals surface area contributed by atoms with Crippen LogP contribution in [0.1, 0.15) is 23.2 Å². The van der Waals surface area contributed by atoms with Gasteiger partial charge < -0.3 is 10.2 Å². The molecule has 0 bridgehead atoms. The fraction of sp³-hybridized carbons (Fsp3) is 0.190. The van der Waals surface area contributed by atoms with E-state index in [0.29, 0.717) is 11.3 Å². The lowest BCUT2D eigenvalue weighted by Gasteiger charge is -2.15. The summed E-state index contributed by atoms with van der Waals surface area (Å²) in [5.74, 6) is 0.240. The Balaban J connectivity index is 1.50. The average Bonchev–Trinajstić information content (AvgIpc) is 3.24. The van der Waals surface area contributed by atoms with Gasteiger partial charge in [-0.15, -0.1) is 10.2 Å². The second kappa shape index (κ2) is 7.53. The quantitative estimate of drug-likeness (QED) is 0.758. The average molecular weight is 362 g/mol. The van der Waals surface area contributed by atoms with Crippen LogP contribution >= 0.6 is 0 Å². The number of carbonyl (C=O) groups excluding carboxylic acids is 1. The summed E-state index contributed by atoms with van der Waals surface area (Å²) in [7, 11) is 0. The number of nitrogens with zero attached hydrogens (tertiary/aromatic N) is 3. The van der Waals surface area contributed by atoms with Crippen molar-refractivity contribution in [3.8, 4) is 11.3 Å². The highest BCUT2D eigenvalue weighted by molar-refractivity contribution is 6.04. The first kappa shape index (κ1) is 17.1. The van der Waals surface area contributed by atoms with Crippen LogP contribution in [-0.4, -0.2) is 29.2 Å². The minimum Gasteiger partial charge on any atom is -0.355 e. The first-order valence-corrected chi connectivity index (χ1v) is 8.95. The lowest BCUT2D eigenvalue weighted by atomic mass is 10.1. The van der Waals surface area contributed by atoms with Crippen LogP contribution in [0.25, 0.3) is 11.3 Å². The van der Waals surface area contributed by atoms with Gasteiger partial charge in [0.25, 0.3) is 5.91 Å². The maximum atomic E-state index is 13.0. The Kier molecular flexibility index (Phi) is 4.78. The van der Waals surface area contributed by atoms with Crippen LogP contribution < -0.4 is 10.2 Å². The molecular formula is C21H19FN4O. The fourth-order valence-corrected chi connectivity index (χ4v) is 3.15. The Morgan fingerprint density at radius 2 is 1.74 bits per heavy atom. The number of rotatable bonds is 4. The molecule has 2 aromatic carbocycles. The molecule has 2 heterocycles. The molecular weight excluding hydrogens is 343 g/mol. The van der Waals surface area contributed by atoms with E-state index in [1.54, 1.807) is 6.07 Å². The number of benzene rings is 2. The van der Waals surface area contributed by atoms with Crippen molar-refractivity contribution in [3.63, 3.8) is 0 Å². The first-order valence-electron chi connectivity index (χ1n) is 8.95. The highest BCUT2D eigenvalue weighted by atomic mass is 19.1. The van der Waals surface area contributed by atoms with Crippen molar-refractivity contribution in [2.75, 3.05) is 23.3 Å². The Morgan fingerprint density at radius 3 is 2.44 bits per heavy atom. The van der Waals surface area contributed by atoms with Crippen LogP contribution in [0.5, 0.6) is 0 Å². The number of hydrogen-bond donors (Lipinski definition) is 1. The number of halogens is 1. The molecule has 0 atom stereocenters. The summed E-state index contributed by atoms with van der Waals surface area (Å²) in [6.45, 7) is 2.05. The molecule has 0 saturated carbocycles. The van der Waals surface area contributed by atoms with Gasteiger partial charge in [-0.25, -0.2) is 4.39 Å². The van der Waals surface area contributed by atoms with E-state index in [0.717, 1.165) is 30.2 Å². The second-order valence-electron chi connectivity index (χ2n) is 6.51. The van der Waals surface area contributed by atoms with Crippen molar-refractivity contribution >= 4 is 17.4 Å². The van der Waals surface area contributed by atoms with E-state index in [4.69, 9.17) is 0 Å². The number of aromatic nitrogens is 2. The molecule has 0 spiro atoms. The summed E-state index contributed by atoms with van der Waals surface area (Å²) >= 11 is 0. The predicted molar refractivity (Wildman–Crippen MR) is 103 cm³/mol. The minimum absolute atomic E-state index is 0.289. The van der Waals surface area contributed by atoms with Gasteiger partial charge in [0, 0.05) is 29.9 Å². The van der Waals surface area contributed by atoms with Gasteiger partial charge in [0.05, 0.1) is 5.69 Å².